The highest BCUT2D eigenvalue weighted by molar-refractivity contribution is 7.92. The van der Waals surface area contributed by atoms with Gasteiger partial charge in [0.2, 0.25) is 10.0 Å². The maximum atomic E-state index is 12.4. The summed E-state index contributed by atoms with van der Waals surface area (Å²) in [5.41, 5.74) is 4.94. The van der Waals surface area contributed by atoms with Gasteiger partial charge in [-0.2, -0.15) is 5.10 Å². The smallest absolute Gasteiger partial charge is 0.262 e. The van der Waals surface area contributed by atoms with Crippen LogP contribution in [0.5, 0.6) is 11.5 Å². The van der Waals surface area contributed by atoms with Crippen molar-refractivity contribution in [3.05, 3.63) is 82.9 Å². The van der Waals surface area contributed by atoms with E-state index in [9.17, 15) is 18.0 Å². The predicted molar refractivity (Wildman–Crippen MR) is 148 cm³/mol. The van der Waals surface area contributed by atoms with E-state index in [2.05, 4.69) is 15.8 Å². The minimum atomic E-state index is -3.78. The lowest BCUT2D eigenvalue weighted by atomic mass is 10.2. The molecule has 0 aliphatic carbocycles. The highest BCUT2D eigenvalue weighted by Gasteiger charge is 2.21. The quantitative estimate of drug-likeness (QED) is 0.273. The number of methoxy groups -OCH3 is 1. The molecule has 0 aliphatic rings. The van der Waals surface area contributed by atoms with Gasteiger partial charge in [0.25, 0.3) is 11.8 Å². The number of nitrogens with one attached hydrogen (secondary N) is 2. The predicted octanol–water partition coefficient (Wildman–Crippen LogP) is 3.59. The fraction of sp³-hybridized carbons (Fsp3) is 0.192. The maximum Gasteiger partial charge on any atom is 0.262 e. The third-order valence-corrected chi connectivity index (χ3v) is 6.54. The molecule has 12 heteroatoms. The number of nitrogens with zero attached hydrogens (tertiary/aromatic N) is 2. The maximum absolute atomic E-state index is 12.4. The van der Waals surface area contributed by atoms with Crippen molar-refractivity contribution in [2.45, 2.75) is 6.92 Å². The Labute approximate surface area is 226 Å². The highest BCUT2D eigenvalue weighted by Crippen LogP contribution is 2.30. The van der Waals surface area contributed by atoms with Crippen LogP contribution in [0.3, 0.4) is 0 Å². The van der Waals surface area contributed by atoms with E-state index in [0.717, 1.165) is 16.1 Å². The average Bonchev–Trinajstić information content (AvgIpc) is 2.87. The number of carbonyl (C=O) groups is 2. The van der Waals surface area contributed by atoms with Crippen LogP contribution in [0.15, 0.2) is 71.8 Å². The Balaban J connectivity index is 1.51. The molecule has 0 radical (unpaired) electrons. The van der Waals surface area contributed by atoms with Gasteiger partial charge < -0.3 is 14.8 Å². The van der Waals surface area contributed by atoms with Crippen molar-refractivity contribution in [2.24, 2.45) is 5.10 Å². The Kier molecular flexibility index (Phi) is 9.69. The van der Waals surface area contributed by atoms with Crippen LogP contribution in [0.25, 0.3) is 0 Å². The third-order valence-electron chi connectivity index (χ3n) is 5.10. The fourth-order valence-corrected chi connectivity index (χ4v) is 4.29. The molecule has 3 rings (SSSR count). The molecule has 3 aromatic rings. The Hall–Kier alpha value is -4.09. The van der Waals surface area contributed by atoms with Gasteiger partial charge in [0.05, 0.1) is 30.3 Å². The summed E-state index contributed by atoms with van der Waals surface area (Å²) in [6.45, 7) is 1.30. The molecule has 0 atom stereocenters. The van der Waals surface area contributed by atoms with Gasteiger partial charge in [-0.15, -0.1) is 0 Å². The lowest BCUT2D eigenvalue weighted by molar-refractivity contribution is -0.119. The Morgan fingerprint density at radius 1 is 1.03 bits per heavy atom. The molecule has 3 aromatic carbocycles. The molecular weight excluding hydrogens is 532 g/mol. The molecule has 10 nitrogen and oxygen atoms in total. The zero-order chi connectivity index (χ0) is 27.7. The summed E-state index contributed by atoms with van der Waals surface area (Å²) in [7, 11) is -2.35. The number of carbonyl (C=O) groups excluding carboxylic acids is 2. The van der Waals surface area contributed by atoms with Crippen LogP contribution in [0, 0.1) is 6.92 Å². The number of sulfonamides is 1. The molecule has 0 aromatic heterocycles. The van der Waals surface area contributed by atoms with Crippen LogP contribution in [-0.2, 0) is 19.6 Å². The van der Waals surface area contributed by atoms with Gasteiger partial charge in [-0.1, -0.05) is 29.3 Å². The van der Waals surface area contributed by atoms with Gasteiger partial charge >= 0.3 is 0 Å². The summed E-state index contributed by atoms with van der Waals surface area (Å²) in [4.78, 5) is 24.4. The number of halogens is 1. The highest BCUT2D eigenvalue weighted by atomic mass is 35.5. The molecule has 0 fully saturated rings. The Morgan fingerprint density at radius 3 is 2.32 bits per heavy atom. The van der Waals surface area contributed by atoms with Crippen LogP contribution in [0.2, 0.25) is 5.02 Å². The van der Waals surface area contributed by atoms with Crippen LogP contribution in [0.4, 0.5) is 11.4 Å². The van der Waals surface area contributed by atoms with E-state index in [4.69, 9.17) is 21.1 Å². The van der Waals surface area contributed by atoms with Crippen molar-refractivity contribution in [1.82, 2.24) is 5.43 Å². The molecule has 0 aliphatic heterocycles. The molecule has 0 bridgehead atoms. The molecule has 0 heterocycles. The second kappa shape index (κ2) is 12.9. The van der Waals surface area contributed by atoms with Crippen molar-refractivity contribution in [3.8, 4) is 11.5 Å². The van der Waals surface area contributed by atoms with Crippen LogP contribution < -0.4 is 24.5 Å². The molecule has 0 saturated carbocycles. The minimum Gasteiger partial charge on any atom is -0.495 e. The first-order valence-corrected chi connectivity index (χ1v) is 13.5. The van der Waals surface area contributed by atoms with Gasteiger partial charge in [0.1, 0.15) is 18.0 Å². The number of anilines is 2. The molecule has 38 heavy (non-hydrogen) atoms. The van der Waals surface area contributed by atoms with E-state index in [1.165, 1.54) is 31.5 Å². The van der Waals surface area contributed by atoms with Crippen molar-refractivity contribution >= 4 is 51.0 Å². The van der Waals surface area contributed by atoms with Gasteiger partial charge in [-0.25, -0.2) is 13.8 Å². The summed E-state index contributed by atoms with van der Waals surface area (Å²) in [6, 6.07) is 18.5. The summed E-state index contributed by atoms with van der Waals surface area (Å²) >= 11 is 6.10. The molecule has 0 spiro atoms. The van der Waals surface area contributed by atoms with Crippen molar-refractivity contribution in [2.75, 3.05) is 36.1 Å². The number of hydrogen-bond acceptors (Lipinski definition) is 7. The normalized spacial score (nSPS) is 11.2. The molecule has 0 saturated heterocycles. The SMILES string of the molecule is COc1ccc(N(CC(=O)N/N=C\c2ccc(OCC(=O)Nc3ccc(C)cc3)cc2)S(C)(=O)=O)cc1Cl. The van der Waals surface area contributed by atoms with Crippen molar-refractivity contribution < 1.29 is 27.5 Å². The molecular formula is C26H27ClN4O6S. The van der Waals surface area contributed by atoms with Gasteiger partial charge in [-0.05, 0) is 67.1 Å². The monoisotopic (exact) mass is 558 g/mol. The first-order valence-electron chi connectivity index (χ1n) is 11.3. The number of hydrogen-bond donors (Lipinski definition) is 2. The Bertz CT molecular complexity index is 1410. The lowest BCUT2D eigenvalue weighted by Crippen LogP contribution is -2.39. The second-order valence-corrected chi connectivity index (χ2v) is 10.5. The summed E-state index contributed by atoms with van der Waals surface area (Å²) in [6.07, 6.45) is 2.37. The molecule has 0 unspecified atom stereocenters. The van der Waals surface area contributed by atoms with Gasteiger partial charge in [-0.3, -0.25) is 13.9 Å². The van der Waals surface area contributed by atoms with E-state index in [-0.39, 0.29) is 23.2 Å². The first-order chi connectivity index (χ1) is 18.0. The summed E-state index contributed by atoms with van der Waals surface area (Å²) in [5, 5.41) is 6.83. The number of rotatable bonds is 11. The average molecular weight is 559 g/mol. The standard InChI is InChI=1S/C26H27ClN4O6S/c1-18-4-8-20(9-5-18)29-26(33)17-37-22-11-6-19(7-12-22)15-28-30-25(32)16-31(38(3,34)35)21-10-13-24(36-2)23(27)14-21/h4-15H,16-17H2,1-3H3,(H,29,33)(H,30,32)/b28-15-. The number of benzene rings is 3. The zero-order valence-electron chi connectivity index (χ0n) is 21.0. The Morgan fingerprint density at radius 2 is 1.71 bits per heavy atom. The topological polar surface area (TPSA) is 126 Å². The zero-order valence-corrected chi connectivity index (χ0v) is 22.5. The van der Waals surface area contributed by atoms with Crippen molar-refractivity contribution in [3.63, 3.8) is 0 Å². The third kappa shape index (κ3) is 8.49. The number of hydrazone groups is 1. The van der Waals surface area contributed by atoms with Crippen LogP contribution in [0.1, 0.15) is 11.1 Å². The van der Waals surface area contributed by atoms with Gasteiger partial charge in [0, 0.05) is 5.69 Å². The van der Waals surface area contributed by atoms with Crippen LogP contribution >= 0.6 is 11.6 Å². The lowest BCUT2D eigenvalue weighted by Gasteiger charge is -2.21. The number of ether oxygens (including phenoxy) is 2. The van der Waals surface area contributed by atoms with E-state index in [0.29, 0.717) is 22.7 Å². The minimum absolute atomic E-state index is 0.159. The van der Waals surface area contributed by atoms with Crippen molar-refractivity contribution in [1.29, 1.82) is 0 Å². The molecule has 2 amide bonds. The first kappa shape index (κ1) is 28.5. The van der Waals surface area contributed by atoms with E-state index in [1.54, 1.807) is 24.3 Å². The van der Waals surface area contributed by atoms with E-state index in [1.807, 2.05) is 31.2 Å². The molecule has 2 N–H and O–H groups in total. The number of aryl methyl sites for hydroxylation is 1. The van der Waals surface area contributed by atoms with Crippen LogP contribution in [-0.4, -0.2) is 53.0 Å². The molecule has 200 valence electrons. The second-order valence-electron chi connectivity index (χ2n) is 8.15. The summed E-state index contributed by atoms with van der Waals surface area (Å²) < 4.78 is 36.0. The largest absolute Gasteiger partial charge is 0.495 e. The summed E-state index contributed by atoms with van der Waals surface area (Å²) in [5.74, 6) is -0.0903. The number of amides is 2. The fourth-order valence-electron chi connectivity index (χ4n) is 3.19. The van der Waals surface area contributed by atoms with E-state index >= 15 is 0 Å². The van der Waals surface area contributed by atoms with Gasteiger partial charge in [0.15, 0.2) is 6.61 Å². The van der Waals surface area contributed by atoms with E-state index < -0.39 is 22.5 Å².